The molecule has 0 spiro atoms. The molecule has 1 amide bonds. The highest BCUT2D eigenvalue weighted by molar-refractivity contribution is 5.94. The number of rotatable bonds is 4. The standard InChI is InChI=1S/C17H25NO3/c1-12(2)11-21-15-6-4-5-14(9-15)17(20)18-8-7-16(19)13(3)10-18/h4-6,9,12-13,16,19H,7-8,10-11H2,1-3H3. The number of carbonyl (C=O) groups is 1. The van der Waals surface area contributed by atoms with Crippen molar-refractivity contribution in [2.75, 3.05) is 19.7 Å². The molecular weight excluding hydrogens is 266 g/mol. The molecule has 1 heterocycles. The fourth-order valence-electron chi connectivity index (χ4n) is 2.48. The molecule has 1 aliphatic heterocycles. The molecule has 4 nitrogen and oxygen atoms in total. The smallest absolute Gasteiger partial charge is 0.253 e. The molecule has 0 radical (unpaired) electrons. The molecule has 1 saturated heterocycles. The number of benzene rings is 1. The Bertz CT molecular complexity index is 487. The quantitative estimate of drug-likeness (QED) is 0.927. The first-order valence-electron chi connectivity index (χ1n) is 7.67. The number of carbonyl (C=O) groups excluding carboxylic acids is 1. The summed E-state index contributed by atoms with van der Waals surface area (Å²) in [6, 6.07) is 7.35. The Morgan fingerprint density at radius 3 is 2.90 bits per heavy atom. The molecule has 0 aromatic heterocycles. The van der Waals surface area contributed by atoms with Crippen molar-refractivity contribution in [2.45, 2.75) is 33.3 Å². The van der Waals surface area contributed by atoms with Gasteiger partial charge >= 0.3 is 0 Å². The lowest BCUT2D eigenvalue weighted by Gasteiger charge is -2.34. The molecule has 2 unspecified atom stereocenters. The summed E-state index contributed by atoms with van der Waals surface area (Å²) >= 11 is 0. The van der Waals surface area contributed by atoms with E-state index in [-0.39, 0.29) is 17.9 Å². The minimum atomic E-state index is -0.297. The van der Waals surface area contributed by atoms with Crippen molar-refractivity contribution in [3.05, 3.63) is 29.8 Å². The minimum absolute atomic E-state index is 0.0174. The molecule has 116 valence electrons. The first kappa shape index (κ1) is 15.8. The molecular formula is C17H25NO3. The number of piperidine rings is 1. The van der Waals surface area contributed by atoms with Gasteiger partial charge in [0.1, 0.15) is 5.75 Å². The number of likely N-dealkylation sites (tertiary alicyclic amines) is 1. The predicted molar refractivity (Wildman–Crippen MR) is 82.5 cm³/mol. The lowest BCUT2D eigenvalue weighted by Crippen LogP contribution is -2.44. The van der Waals surface area contributed by atoms with Crippen LogP contribution in [0.3, 0.4) is 0 Å². The zero-order chi connectivity index (χ0) is 15.4. The third-order valence-electron chi connectivity index (χ3n) is 3.81. The monoisotopic (exact) mass is 291 g/mol. The number of nitrogens with zero attached hydrogens (tertiary/aromatic N) is 1. The maximum absolute atomic E-state index is 12.5. The summed E-state index contributed by atoms with van der Waals surface area (Å²) in [5.74, 6) is 1.33. The Morgan fingerprint density at radius 2 is 2.24 bits per heavy atom. The largest absolute Gasteiger partial charge is 0.493 e. The number of aliphatic hydroxyl groups is 1. The third kappa shape index (κ3) is 4.21. The molecule has 0 saturated carbocycles. The second-order valence-corrected chi connectivity index (χ2v) is 6.32. The number of hydrogen-bond donors (Lipinski definition) is 1. The summed E-state index contributed by atoms with van der Waals surface area (Å²) in [5.41, 5.74) is 0.653. The maximum atomic E-state index is 12.5. The van der Waals surface area contributed by atoms with Gasteiger partial charge in [0.15, 0.2) is 0 Å². The van der Waals surface area contributed by atoms with Gasteiger partial charge in [-0.3, -0.25) is 4.79 Å². The maximum Gasteiger partial charge on any atom is 0.253 e. The van der Waals surface area contributed by atoms with Crippen LogP contribution in [0.4, 0.5) is 0 Å². The zero-order valence-corrected chi connectivity index (χ0v) is 13.1. The van der Waals surface area contributed by atoms with Crippen LogP contribution in [-0.4, -0.2) is 41.7 Å². The van der Waals surface area contributed by atoms with Crippen molar-refractivity contribution < 1.29 is 14.6 Å². The van der Waals surface area contributed by atoms with E-state index in [0.717, 1.165) is 5.75 Å². The summed E-state index contributed by atoms with van der Waals surface area (Å²) in [4.78, 5) is 14.3. The van der Waals surface area contributed by atoms with Gasteiger partial charge in [-0.1, -0.05) is 26.8 Å². The van der Waals surface area contributed by atoms with Crippen LogP contribution >= 0.6 is 0 Å². The van der Waals surface area contributed by atoms with E-state index in [2.05, 4.69) is 13.8 Å². The van der Waals surface area contributed by atoms with E-state index < -0.39 is 0 Å². The summed E-state index contributed by atoms with van der Waals surface area (Å²) in [5, 5.41) is 9.76. The number of amides is 1. The summed E-state index contributed by atoms with van der Waals surface area (Å²) in [7, 11) is 0. The molecule has 2 atom stereocenters. The van der Waals surface area contributed by atoms with Crippen LogP contribution < -0.4 is 4.74 Å². The van der Waals surface area contributed by atoms with E-state index in [0.29, 0.717) is 37.6 Å². The van der Waals surface area contributed by atoms with Gasteiger partial charge in [0, 0.05) is 18.7 Å². The van der Waals surface area contributed by atoms with E-state index >= 15 is 0 Å². The molecule has 2 rings (SSSR count). The molecule has 0 bridgehead atoms. The lowest BCUT2D eigenvalue weighted by atomic mass is 9.96. The average Bonchev–Trinajstić information content (AvgIpc) is 2.47. The summed E-state index contributed by atoms with van der Waals surface area (Å²) in [6.45, 7) is 8.03. The highest BCUT2D eigenvalue weighted by atomic mass is 16.5. The molecule has 1 N–H and O–H groups in total. The van der Waals surface area contributed by atoms with Crippen LogP contribution in [0.1, 0.15) is 37.6 Å². The average molecular weight is 291 g/mol. The molecule has 1 aromatic carbocycles. The van der Waals surface area contributed by atoms with Crippen LogP contribution in [0.25, 0.3) is 0 Å². The zero-order valence-electron chi connectivity index (χ0n) is 13.1. The van der Waals surface area contributed by atoms with Crippen molar-refractivity contribution in [3.63, 3.8) is 0 Å². The van der Waals surface area contributed by atoms with Crippen LogP contribution in [0.2, 0.25) is 0 Å². The van der Waals surface area contributed by atoms with Gasteiger partial charge in [-0.15, -0.1) is 0 Å². The SMILES string of the molecule is CC(C)COc1cccc(C(=O)N2CCC(O)C(C)C2)c1. The van der Waals surface area contributed by atoms with Gasteiger partial charge in [-0.2, -0.15) is 0 Å². The summed E-state index contributed by atoms with van der Waals surface area (Å²) < 4.78 is 5.67. The van der Waals surface area contributed by atoms with E-state index in [9.17, 15) is 9.90 Å². The van der Waals surface area contributed by atoms with E-state index in [1.165, 1.54) is 0 Å². The highest BCUT2D eigenvalue weighted by Gasteiger charge is 2.27. The lowest BCUT2D eigenvalue weighted by molar-refractivity contribution is 0.0297. The second-order valence-electron chi connectivity index (χ2n) is 6.32. The van der Waals surface area contributed by atoms with Gasteiger partial charge in [-0.05, 0) is 36.5 Å². The minimum Gasteiger partial charge on any atom is -0.493 e. The molecule has 21 heavy (non-hydrogen) atoms. The van der Waals surface area contributed by atoms with Crippen molar-refractivity contribution in [1.29, 1.82) is 0 Å². The van der Waals surface area contributed by atoms with Crippen LogP contribution in [-0.2, 0) is 0 Å². The fourth-order valence-corrected chi connectivity index (χ4v) is 2.48. The number of aliphatic hydroxyl groups excluding tert-OH is 1. The van der Waals surface area contributed by atoms with Crippen LogP contribution in [0.5, 0.6) is 5.75 Å². The van der Waals surface area contributed by atoms with Gasteiger partial charge in [0.05, 0.1) is 12.7 Å². The van der Waals surface area contributed by atoms with Crippen molar-refractivity contribution in [2.24, 2.45) is 11.8 Å². The molecule has 1 aliphatic rings. The van der Waals surface area contributed by atoms with Gasteiger partial charge in [0.25, 0.3) is 5.91 Å². The van der Waals surface area contributed by atoms with Gasteiger partial charge in [-0.25, -0.2) is 0 Å². The van der Waals surface area contributed by atoms with E-state index in [4.69, 9.17) is 4.74 Å². The Hall–Kier alpha value is -1.55. The molecule has 0 aliphatic carbocycles. The normalized spacial score (nSPS) is 22.4. The highest BCUT2D eigenvalue weighted by Crippen LogP contribution is 2.21. The Labute approximate surface area is 126 Å². The Kier molecular flexibility index (Phi) is 5.23. The number of ether oxygens (including phenoxy) is 1. The van der Waals surface area contributed by atoms with Crippen molar-refractivity contribution in [3.8, 4) is 5.75 Å². The van der Waals surface area contributed by atoms with Crippen LogP contribution in [0.15, 0.2) is 24.3 Å². The fraction of sp³-hybridized carbons (Fsp3) is 0.588. The predicted octanol–water partition coefficient (Wildman–Crippen LogP) is 2.56. The van der Waals surface area contributed by atoms with Crippen molar-refractivity contribution in [1.82, 2.24) is 4.90 Å². The van der Waals surface area contributed by atoms with Crippen molar-refractivity contribution >= 4 is 5.91 Å². The molecule has 4 heteroatoms. The van der Waals surface area contributed by atoms with E-state index in [1.54, 1.807) is 6.07 Å². The topological polar surface area (TPSA) is 49.8 Å². The molecule has 1 aromatic rings. The summed E-state index contributed by atoms with van der Waals surface area (Å²) in [6.07, 6.45) is 0.353. The Balaban J connectivity index is 2.03. The van der Waals surface area contributed by atoms with E-state index in [1.807, 2.05) is 30.0 Å². The number of hydrogen-bond acceptors (Lipinski definition) is 3. The third-order valence-corrected chi connectivity index (χ3v) is 3.81. The van der Waals surface area contributed by atoms with Crippen LogP contribution in [0, 0.1) is 11.8 Å². The second kappa shape index (κ2) is 6.94. The Morgan fingerprint density at radius 1 is 1.48 bits per heavy atom. The molecule has 1 fully saturated rings. The first-order valence-corrected chi connectivity index (χ1v) is 7.67. The van der Waals surface area contributed by atoms with Gasteiger partial charge < -0.3 is 14.7 Å². The van der Waals surface area contributed by atoms with Gasteiger partial charge in [0.2, 0.25) is 0 Å². The first-order chi connectivity index (χ1) is 9.97.